The first-order valence-electron chi connectivity index (χ1n) is 10.2. The smallest absolute Gasteiger partial charge is 0.343 e. The Kier molecular flexibility index (Phi) is 6.70. The lowest BCUT2D eigenvalue weighted by Gasteiger charge is -2.27. The van der Waals surface area contributed by atoms with E-state index in [2.05, 4.69) is 36.1 Å². The van der Waals surface area contributed by atoms with Crippen LogP contribution in [0.4, 0.5) is 11.4 Å². The summed E-state index contributed by atoms with van der Waals surface area (Å²) in [6, 6.07) is 14.2. The van der Waals surface area contributed by atoms with Crippen LogP contribution in [0.3, 0.4) is 0 Å². The van der Waals surface area contributed by atoms with Crippen molar-refractivity contribution >= 4 is 29.4 Å². The second-order valence-corrected chi connectivity index (χ2v) is 7.40. The van der Waals surface area contributed by atoms with E-state index in [0.717, 1.165) is 37.1 Å². The number of unbranched alkanes of at least 4 members (excludes halogenated alkanes) is 3. The Bertz CT molecular complexity index is 916. The second kappa shape index (κ2) is 9.41. The molecule has 0 bridgehead atoms. The monoisotopic (exact) mass is 393 g/mol. The highest BCUT2D eigenvalue weighted by Crippen LogP contribution is 2.37. The number of para-hydroxylation sites is 1. The molecule has 5 heteroatoms. The first-order chi connectivity index (χ1) is 14.0. The van der Waals surface area contributed by atoms with Crippen LogP contribution in [0.15, 0.2) is 48.0 Å². The van der Waals surface area contributed by atoms with Crippen LogP contribution in [0.5, 0.6) is 0 Å². The lowest BCUT2D eigenvalue weighted by molar-refractivity contribution is -0.140. The fraction of sp³-hybridized carbons (Fsp3) is 0.333. The third kappa shape index (κ3) is 4.86. The number of rotatable bonds is 8. The van der Waals surface area contributed by atoms with Crippen molar-refractivity contribution in [2.45, 2.75) is 45.4 Å². The number of carboxylic acids is 2. The van der Waals surface area contributed by atoms with E-state index >= 15 is 0 Å². The zero-order valence-corrected chi connectivity index (χ0v) is 16.7. The summed E-state index contributed by atoms with van der Waals surface area (Å²) in [7, 11) is 0. The molecule has 2 aromatic rings. The van der Waals surface area contributed by atoms with E-state index in [0.29, 0.717) is 5.56 Å². The molecule has 1 aliphatic heterocycles. The number of hydrogen-bond acceptors (Lipinski definition) is 3. The summed E-state index contributed by atoms with van der Waals surface area (Å²) >= 11 is 0. The summed E-state index contributed by atoms with van der Waals surface area (Å²) in [5.74, 6) is -2.87. The van der Waals surface area contributed by atoms with Gasteiger partial charge >= 0.3 is 11.9 Å². The van der Waals surface area contributed by atoms with Gasteiger partial charge in [0.2, 0.25) is 0 Å². The van der Waals surface area contributed by atoms with Gasteiger partial charge in [0.05, 0.1) is 0 Å². The van der Waals surface area contributed by atoms with E-state index in [1.54, 1.807) is 6.07 Å². The summed E-state index contributed by atoms with van der Waals surface area (Å²) in [6.45, 7) is 3.13. The zero-order valence-electron chi connectivity index (χ0n) is 16.7. The van der Waals surface area contributed by atoms with Gasteiger partial charge in [-0.3, -0.25) is 0 Å². The van der Waals surface area contributed by atoms with Crippen molar-refractivity contribution in [2.24, 2.45) is 0 Å². The van der Waals surface area contributed by atoms with Crippen molar-refractivity contribution in [3.05, 3.63) is 64.7 Å². The number of carbonyl (C=O) groups is 2. The van der Waals surface area contributed by atoms with Crippen LogP contribution < -0.4 is 4.90 Å². The number of fused-ring (bicyclic) bond motifs is 2. The fourth-order valence-electron chi connectivity index (χ4n) is 3.86. The molecule has 0 saturated heterocycles. The molecule has 0 unspecified atom stereocenters. The number of aryl methyl sites for hydroxylation is 2. The van der Waals surface area contributed by atoms with Gasteiger partial charge in [0.1, 0.15) is 5.57 Å². The predicted molar refractivity (Wildman–Crippen MR) is 115 cm³/mol. The average Bonchev–Trinajstić information content (AvgIpc) is 2.86. The first-order valence-corrected chi connectivity index (χ1v) is 10.2. The number of carboxylic acid groups (broad SMARTS) is 2. The van der Waals surface area contributed by atoms with Crippen molar-refractivity contribution in [3.63, 3.8) is 0 Å². The summed E-state index contributed by atoms with van der Waals surface area (Å²) in [6.07, 6.45) is 7.66. The number of hydrogen-bond donors (Lipinski definition) is 2. The molecule has 0 fully saturated rings. The van der Waals surface area contributed by atoms with Crippen LogP contribution in [0.1, 0.15) is 49.3 Å². The number of aliphatic carboxylic acids is 2. The van der Waals surface area contributed by atoms with Gasteiger partial charge in [-0.1, -0.05) is 50.5 Å². The third-order valence-corrected chi connectivity index (χ3v) is 5.35. The highest BCUT2D eigenvalue weighted by atomic mass is 16.4. The summed E-state index contributed by atoms with van der Waals surface area (Å²) in [4.78, 5) is 24.8. The van der Waals surface area contributed by atoms with Crippen LogP contribution in [0.2, 0.25) is 0 Å². The maximum atomic E-state index is 11.2. The van der Waals surface area contributed by atoms with Crippen LogP contribution >= 0.6 is 0 Å². The molecule has 0 saturated carbocycles. The molecule has 0 radical (unpaired) electrons. The maximum Gasteiger partial charge on any atom is 0.343 e. The highest BCUT2D eigenvalue weighted by molar-refractivity contribution is 6.16. The molecule has 0 aliphatic carbocycles. The molecule has 3 rings (SSSR count). The predicted octanol–water partition coefficient (Wildman–Crippen LogP) is 5.06. The molecule has 152 valence electrons. The number of benzene rings is 2. The Hall–Kier alpha value is -3.08. The Labute approximate surface area is 171 Å². The number of anilines is 2. The van der Waals surface area contributed by atoms with Crippen molar-refractivity contribution in [2.75, 3.05) is 11.4 Å². The molecule has 2 N–H and O–H groups in total. The Balaban J connectivity index is 1.98. The van der Waals surface area contributed by atoms with Gasteiger partial charge in [-0.15, -0.1) is 0 Å². The molecule has 1 heterocycles. The van der Waals surface area contributed by atoms with E-state index in [-0.39, 0.29) is 0 Å². The molecule has 0 amide bonds. The zero-order chi connectivity index (χ0) is 20.8. The molecule has 29 heavy (non-hydrogen) atoms. The van der Waals surface area contributed by atoms with Gasteiger partial charge < -0.3 is 15.1 Å². The van der Waals surface area contributed by atoms with Crippen LogP contribution in [-0.2, 0) is 22.4 Å². The van der Waals surface area contributed by atoms with E-state index in [9.17, 15) is 9.59 Å². The SMILES string of the molecule is CCCCCCN1c2ccccc2CCc2cc(C=C(C(=O)O)C(=O)O)ccc21. The van der Waals surface area contributed by atoms with Gasteiger partial charge in [0.25, 0.3) is 0 Å². The highest BCUT2D eigenvalue weighted by Gasteiger charge is 2.21. The minimum atomic E-state index is -1.43. The summed E-state index contributed by atoms with van der Waals surface area (Å²) in [5, 5.41) is 18.3. The quantitative estimate of drug-likeness (QED) is 0.284. The Morgan fingerprint density at radius 2 is 1.62 bits per heavy atom. The molecule has 0 aromatic heterocycles. The standard InChI is InChI=1S/C24H27NO4/c1-2-3-4-7-14-25-21-9-6-5-8-18(21)11-12-19-15-17(10-13-22(19)25)16-20(23(26)27)24(28)29/h5-6,8-10,13,15-16H,2-4,7,11-12,14H2,1H3,(H,26,27)(H,28,29). The molecule has 2 aromatic carbocycles. The van der Waals surface area contributed by atoms with E-state index < -0.39 is 17.5 Å². The lowest BCUT2D eigenvalue weighted by atomic mass is 10.0. The molecular formula is C24H27NO4. The van der Waals surface area contributed by atoms with Crippen molar-refractivity contribution < 1.29 is 19.8 Å². The Morgan fingerprint density at radius 3 is 2.34 bits per heavy atom. The molecular weight excluding hydrogens is 366 g/mol. The lowest BCUT2D eigenvalue weighted by Crippen LogP contribution is -2.19. The minimum absolute atomic E-state index is 0.598. The van der Waals surface area contributed by atoms with Gasteiger partial charge in [-0.05, 0) is 60.2 Å². The maximum absolute atomic E-state index is 11.2. The molecule has 1 aliphatic rings. The normalized spacial score (nSPS) is 12.5. The van der Waals surface area contributed by atoms with Crippen LogP contribution in [0, 0.1) is 0 Å². The molecule has 0 spiro atoms. The Morgan fingerprint density at radius 1 is 0.931 bits per heavy atom. The summed E-state index contributed by atoms with van der Waals surface area (Å²) in [5.41, 5.74) is 4.73. The van der Waals surface area contributed by atoms with Crippen LogP contribution in [-0.4, -0.2) is 28.7 Å². The van der Waals surface area contributed by atoms with Gasteiger partial charge in [-0.25, -0.2) is 9.59 Å². The van der Waals surface area contributed by atoms with Gasteiger partial charge in [0.15, 0.2) is 0 Å². The van der Waals surface area contributed by atoms with E-state index in [1.807, 2.05) is 12.1 Å². The summed E-state index contributed by atoms with van der Waals surface area (Å²) < 4.78 is 0. The van der Waals surface area contributed by atoms with E-state index in [4.69, 9.17) is 10.2 Å². The second-order valence-electron chi connectivity index (χ2n) is 7.40. The van der Waals surface area contributed by atoms with Gasteiger partial charge in [0, 0.05) is 17.9 Å². The first kappa shape index (κ1) is 20.6. The van der Waals surface area contributed by atoms with Crippen LogP contribution in [0.25, 0.3) is 6.08 Å². The molecule has 0 atom stereocenters. The third-order valence-electron chi connectivity index (χ3n) is 5.35. The fourth-order valence-corrected chi connectivity index (χ4v) is 3.86. The molecule has 5 nitrogen and oxygen atoms in total. The average molecular weight is 393 g/mol. The largest absolute Gasteiger partial charge is 0.477 e. The van der Waals surface area contributed by atoms with Crippen molar-refractivity contribution in [3.8, 4) is 0 Å². The topological polar surface area (TPSA) is 77.8 Å². The van der Waals surface area contributed by atoms with E-state index in [1.165, 1.54) is 36.6 Å². The van der Waals surface area contributed by atoms with Crippen molar-refractivity contribution in [1.82, 2.24) is 0 Å². The number of nitrogens with zero attached hydrogens (tertiary/aromatic N) is 1. The minimum Gasteiger partial charge on any atom is -0.477 e. The van der Waals surface area contributed by atoms with Crippen molar-refractivity contribution in [1.29, 1.82) is 0 Å². The van der Waals surface area contributed by atoms with Gasteiger partial charge in [-0.2, -0.15) is 0 Å².